The van der Waals surface area contributed by atoms with E-state index in [4.69, 9.17) is 9.84 Å². The lowest BCUT2D eigenvalue weighted by atomic mass is 9.95. The third-order valence-electron chi connectivity index (χ3n) is 2.02. The van der Waals surface area contributed by atoms with E-state index in [1.165, 1.54) is 0 Å². The summed E-state index contributed by atoms with van der Waals surface area (Å²) in [7, 11) is 0. The fourth-order valence-corrected chi connectivity index (χ4v) is 1.17. The van der Waals surface area contributed by atoms with E-state index in [0.717, 1.165) is 5.56 Å². The number of ether oxygens (including phenoxy) is 1. The Labute approximate surface area is 102 Å². The maximum Gasteiger partial charge on any atom is 0.341 e. The molecular weight excluding hydrogens is 216 g/mol. The van der Waals surface area contributed by atoms with Crippen molar-refractivity contribution < 1.29 is 14.6 Å². The fraction of sp³-hybridized carbons (Fsp3) is 0.357. The average molecular weight is 234 g/mol. The second-order valence-electron chi connectivity index (χ2n) is 4.95. The first-order valence-electron chi connectivity index (χ1n) is 5.51. The molecule has 0 aliphatic heterocycles. The third kappa shape index (κ3) is 5.76. The van der Waals surface area contributed by atoms with Gasteiger partial charge < -0.3 is 9.84 Å². The van der Waals surface area contributed by atoms with Crippen molar-refractivity contribution in [3.8, 4) is 5.75 Å². The Morgan fingerprint density at radius 3 is 2.35 bits per heavy atom. The topological polar surface area (TPSA) is 46.5 Å². The molecule has 1 aromatic rings. The van der Waals surface area contributed by atoms with Crippen LogP contribution in [0.5, 0.6) is 5.75 Å². The molecule has 0 radical (unpaired) electrons. The molecule has 0 bridgehead atoms. The molecule has 0 amide bonds. The number of allylic oxidation sites excluding steroid dienone is 1. The minimum atomic E-state index is -0.971. The monoisotopic (exact) mass is 234 g/mol. The number of carbonyl (C=O) groups is 1. The SMILES string of the molecule is CC(C)(C)C=Cc1ccc(OCC(=O)O)cc1. The van der Waals surface area contributed by atoms with Crippen molar-refractivity contribution >= 4 is 12.0 Å². The van der Waals surface area contributed by atoms with Crippen molar-refractivity contribution in [2.24, 2.45) is 5.41 Å². The van der Waals surface area contributed by atoms with E-state index in [1.54, 1.807) is 12.1 Å². The molecule has 17 heavy (non-hydrogen) atoms. The lowest BCUT2D eigenvalue weighted by Crippen LogP contribution is -2.09. The van der Waals surface area contributed by atoms with Crippen LogP contribution in [0, 0.1) is 5.41 Å². The summed E-state index contributed by atoms with van der Waals surface area (Å²) in [5.41, 5.74) is 1.22. The largest absolute Gasteiger partial charge is 0.482 e. The van der Waals surface area contributed by atoms with E-state index in [1.807, 2.05) is 18.2 Å². The van der Waals surface area contributed by atoms with Gasteiger partial charge in [0, 0.05) is 0 Å². The maximum atomic E-state index is 10.3. The van der Waals surface area contributed by atoms with Crippen LogP contribution in [-0.4, -0.2) is 17.7 Å². The first-order chi connectivity index (χ1) is 7.87. The summed E-state index contributed by atoms with van der Waals surface area (Å²) in [5.74, 6) is -0.401. The Morgan fingerprint density at radius 1 is 1.29 bits per heavy atom. The Hall–Kier alpha value is -1.77. The summed E-state index contributed by atoms with van der Waals surface area (Å²) >= 11 is 0. The number of aliphatic carboxylic acids is 1. The van der Waals surface area contributed by atoms with Gasteiger partial charge >= 0.3 is 5.97 Å². The van der Waals surface area contributed by atoms with Gasteiger partial charge in [-0.15, -0.1) is 0 Å². The van der Waals surface area contributed by atoms with Crippen molar-refractivity contribution in [1.29, 1.82) is 0 Å². The zero-order chi connectivity index (χ0) is 12.9. The lowest BCUT2D eigenvalue weighted by Gasteiger charge is -2.11. The van der Waals surface area contributed by atoms with Gasteiger partial charge in [0.25, 0.3) is 0 Å². The highest BCUT2D eigenvalue weighted by molar-refractivity contribution is 5.68. The average Bonchev–Trinajstić information content (AvgIpc) is 2.24. The molecule has 0 atom stereocenters. The van der Waals surface area contributed by atoms with Crippen molar-refractivity contribution in [2.75, 3.05) is 6.61 Å². The van der Waals surface area contributed by atoms with Crippen LogP contribution in [-0.2, 0) is 4.79 Å². The predicted octanol–water partition coefficient (Wildman–Crippen LogP) is 3.21. The molecule has 0 spiro atoms. The standard InChI is InChI=1S/C14H18O3/c1-14(2,3)9-8-11-4-6-12(7-5-11)17-10-13(15)16/h4-9H,10H2,1-3H3,(H,15,16). The maximum absolute atomic E-state index is 10.3. The van der Waals surface area contributed by atoms with Crippen LogP contribution in [0.25, 0.3) is 6.08 Å². The number of hydrogen-bond donors (Lipinski definition) is 1. The van der Waals surface area contributed by atoms with Crippen LogP contribution in [0.1, 0.15) is 26.3 Å². The second-order valence-corrected chi connectivity index (χ2v) is 4.95. The molecule has 1 rings (SSSR count). The number of carboxylic acids is 1. The van der Waals surface area contributed by atoms with E-state index in [0.29, 0.717) is 5.75 Å². The molecule has 0 unspecified atom stereocenters. The van der Waals surface area contributed by atoms with Gasteiger partial charge in [0.1, 0.15) is 5.75 Å². The Bertz CT molecular complexity index is 396. The fourth-order valence-electron chi connectivity index (χ4n) is 1.17. The minimum absolute atomic E-state index is 0.151. The number of rotatable bonds is 4. The summed E-state index contributed by atoms with van der Waals surface area (Å²) in [6.07, 6.45) is 4.17. The summed E-state index contributed by atoms with van der Waals surface area (Å²) in [6, 6.07) is 7.34. The van der Waals surface area contributed by atoms with Crippen molar-refractivity contribution in [2.45, 2.75) is 20.8 Å². The molecule has 0 aliphatic rings. The van der Waals surface area contributed by atoms with Crippen LogP contribution in [0.4, 0.5) is 0 Å². The van der Waals surface area contributed by atoms with E-state index >= 15 is 0 Å². The van der Waals surface area contributed by atoms with Gasteiger partial charge in [0.05, 0.1) is 0 Å². The molecule has 0 aliphatic carbocycles. The second kappa shape index (κ2) is 5.53. The normalized spacial score (nSPS) is 11.7. The summed E-state index contributed by atoms with van der Waals surface area (Å²) in [5, 5.41) is 8.47. The van der Waals surface area contributed by atoms with E-state index in [2.05, 4.69) is 26.8 Å². The molecule has 92 valence electrons. The first-order valence-corrected chi connectivity index (χ1v) is 5.51. The number of carboxylic acid groups (broad SMARTS) is 1. The highest BCUT2D eigenvalue weighted by Crippen LogP contribution is 2.18. The van der Waals surface area contributed by atoms with E-state index in [-0.39, 0.29) is 12.0 Å². The Morgan fingerprint density at radius 2 is 1.88 bits per heavy atom. The van der Waals surface area contributed by atoms with E-state index < -0.39 is 5.97 Å². The predicted molar refractivity (Wildman–Crippen MR) is 68.1 cm³/mol. The highest BCUT2D eigenvalue weighted by atomic mass is 16.5. The molecule has 0 fully saturated rings. The highest BCUT2D eigenvalue weighted by Gasteiger charge is 2.03. The summed E-state index contributed by atoms with van der Waals surface area (Å²) < 4.78 is 5.04. The van der Waals surface area contributed by atoms with Gasteiger partial charge in [-0.1, -0.05) is 45.1 Å². The van der Waals surface area contributed by atoms with Gasteiger partial charge in [-0.2, -0.15) is 0 Å². The van der Waals surface area contributed by atoms with Gasteiger partial charge in [0.2, 0.25) is 0 Å². The number of benzene rings is 1. The van der Waals surface area contributed by atoms with Crippen LogP contribution >= 0.6 is 0 Å². The van der Waals surface area contributed by atoms with Gasteiger partial charge in [-0.3, -0.25) is 0 Å². The van der Waals surface area contributed by atoms with Crippen molar-refractivity contribution in [1.82, 2.24) is 0 Å². The molecule has 1 aromatic carbocycles. The van der Waals surface area contributed by atoms with Gasteiger partial charge in [0.15, 0.2) is 6.61 Å². The van der Waals surface area contributed by atoms with Crippen molar-refractivity contribution in [3.63, 3.8) is 0 Å². The number of hydrogen-bond acceptors (Lipinski definition) is 2. The molecule has 0 aromatic heterocycles. The van der Waals surface area contributed by atoms with Crippen LogP contribution < -0.4 is 4.74 Å². The van der Waals surface area contributed by atoms with Gasteiger partial charge in [-0.25, -0.2) is 4.79 Å². The zero-order valence-electron chi connectivity index (χ0n) is 10.4. The van der Waals surface area contributed by atoms with Crippen LogP contribution in [0.3, 0.4) is 0 Å². The smallest absolute Gasteiger partial charge is 0.341 e. The van der Waals surface area contributed by atoms with Gasteiger partial charge in [-0.05, 0) is 23.1 Å². The molecule has 3 heteroatoms. The zero-order valence-corrected chi connectivity index (χ0v) is 10.4. The molecule has 0 saturated carbocycles. The van der Waals surface area contributed by atoms with Crippen LogP contribution in [0.2, 0.25) is 0 Å². The summed E-state index contributed by atoms with van der Waals surface area (Å²) in [6.45, 7) is 6.09. The minimum Gasteiger partial charge on any atom is -0.482 e. The Balaban J connectivity index is 2.62. The molecule has 3 nitrogen and oxygen atoms in total. The van der Waals surface area contributed by atoms with Crippen molar-refractivity contribution in [3.05, 3.63) is 35.9 Å². The molecule has 1 N–H and O–H groups in total. The van der Waals surface area contributed by atoms with Crippen LogP contribution in [0.15, 0.2) is 30.3 Å². The Kier molecular flexibility index (Phi) is 4.32. The molecular formula is C14H18O3. The lowest BCUT2D eigenvalue weighted by molar-refractivity contribution is -0.139. The molecule has 0 heterocycles. The third-order valence-corrected chi connectivity index (χ3v) is 2.02. The molecule has 0 saturated heterocycles. The van der Waals surface area contributed by atoms with E-state index in [9.17, 15) is 4.79 Å². The first kappa shape index (κ1) is 13.3. The quantitative estimate of drug-likeness (QED) is 0.870. The summed E-state index contributed by atoms with van der Waals surface area (Å²) in [4.78, 5) is 10.3.